The molecule has 7 nitrogen and oxygen atoms in total. The number of hydrogen-bond donors (Lipinski definition) is 0. The van der Waals surface area contributed by atoms with Crippen molar-refractivity contribution in [1.29, 1.82) is 0 Å². The lowest BCUT2D eigenvalue weighted by Gasteiger charge is -2.30. The molecule has 5 heterocycles. The lowest BCUT2D eigenvalue weighted by atomic mass is 10.00. The standard InChI is InChI=1S/C21H20ClN7/c1-12-6-15(8-19(22)25-12)16-7-17-10-28(5-4-18(17)23-9-16)21-14(3)13(2)20-26-24-11-29(20)27-21/h6-9,11H,4-5,10H2,1-3H3. The summed E-state index contributed by atoms with van der Waals surface area (Å²) in [6, 6.07) is 6.12. The molecule has 0 atom stereocenters. The molecule has 0 bridgehead atoms. The summed E-state index contributed by atoms with van der Waals surface area (Å²) in [6.45, 7) is 7.74. The molecule has 0 aromatic carbocycles. The zero-order valence-electron chi connectivity index (χ0n) is 16.5. The highest BCUT2D eigenvalue weighted by atomic mass is 35.5. The molecule has 0 fully saturated rings. The van der Waals surface area contributed by atoms with Crippen molar-refractivity contribution in [1.82, 2.24) is 29.8 Å². The Hall–Kier alpha value is -3.06. The monoisotopic (exact) mass is 405 g/mol. The van der Waals surface area contributed by atoms with Crippen LogP contribution in [-0.4, -0.2) is 36.3 Å². The Kier molecular flexibility index (Phi) is 4.20. The van der Waals surface area contributed by atoms with Crippen LogP contribution in [0, 0.1) is 20.8 Å². The second-order valence-electron chi connectivity index (χ2n) is 7.49. The second kappa shape index (κ2) is 6.77. The molecule has 0 saturated carbocycles. The van der Waals surface area contributed by atoms with Crippen molar-refractivity contribution >= 4 is 23.1 Å². The number of hydrogen-bond acceptors (Lipinski definition) is 6. The van der Waals surface area contributed by atoms with Gasteiger partial charge < -0.3 is 4.90 Å². The van der Waals surface area contributed by atoms with Crippen molar-refractivity contribution in [2.24, 2.45) is 0 Å². The molecule has 8 heteroatoms. The van der Waals surface area contributed by atoms with E-state index in [-0.39, 0.29) is 0 Å². The molecule has 0 radical (unpaired) electrons. The van der Waals surface area contributed by atoms with Crippen LogP contribution in [0.5, 0.6) is 0 Å². The maximum atomic E-state index is 6.16. The van der Waals surface area contributed by atoms with E-state index in [0.29, 0.717) is 5.15 Å². The van der Waals surface area contributed by atoms with E-state index in [9.17, 15) is 0 Å². The number of pyridine rings is 2. The Morgan fingerprint density at radius 1 is 1.03 bits per heavy atom. The zero-order chi connectivity index (χ0) is 20.1. The maximum absolute atomic E-state index is 6.16. The fourth-order valence-corrected chi connectivity index (χ4v) is 4.17. The van der Waals surface area contributed by atoms with E-state index in [1.165, 1.54) is 5.56 Å². The van der Waals surface area contributed by atoms with Gasteiger partial charge >= 0.3 is 0 Å². The summed E-state index contributed by atoms with van der Waals surface area (Å²) >= 11 is 6.16. The number of aromatic nitrogens is 6. The molecule has 0 saturated heterocycles. The van der Waals surface area contributed by atoms with E-state index in [0.717, 1.165) is 64.6 Å². The average molecular weight is 406 g/mol. The number of fused-ring (bicyclic) bond motifs is 2. The van der Waals surface area contributed by atoms with Crippen molar-refractivity contribution < 1.29 is 0 Å². The van der Waals surface area contributed by atoms with Crippen molar-refractivity contribution in [3.63, 3.8) is 0 Å². The van der Waals surface area contributed by atoms with Crippen LogP contribution in [-0.2, 0) is 13.0 Å². The summed E-state index contributed by atoms with van der Waals surface area (Å²) in [6.07, 6.45) is 4.46. The van der Waals surface area contributed by atoms with E-state index >= 15 is 0 Å². The van der Waals surface area contributed by atoms with Gasteiger partial charge in [-0.05, 0) is 50.1 Å². The number of nitrogens with zero attached hydrogens (tertiary/aromatic N) is 7. The van der Waals surface area contributed by atoms with Crippen LogP contribution in [0.2, 0.25) is 5.15 Å². The van der Waals surface area contributed by atoms with Crippen LogP contribution in [0.1, 0.15) is 28.1 Å². The van der Waals surface area contributed by atoms with Crippen LogP contribution < -0.4 is 4.90 Å². The second-order valence-corrected chi connectivity index (χ2v) is 7.88. The molecule has 146 valence electrons. The Morgan fingerprint density at radius 2 is 1.90 bits per heavy atom. The zero-order valence-corrected chi connectivity index (χ0v) is 17.3. The SMILES string of the molecule is Cc1cc(-c2cnc3c(c2)CN(c2nn4cnnc4c(C)c2C)CC3)cc(Cl)n1. The fraction of sp³-hybridized carbons (Fsp3) is 0.286. The molecule has 0 amide bonds. The first-order valence-electron chi connectivity index (χ1n) is 9.54. The molecule has 0 N–H and O–H groups in total. The highest BCUT2D eigenvalue weighted by molar-refractivity contribution is 6.29. The summed E-state index contributed by atoms with van der Waals surface area (Å²) in [4.78, 5) is 11.3. The van der Waals surface area contributed by atoms with Crippen molar-refractivity contribution in [2.45, 2.75) is 33.7 Å². The molecule has 29 heavy (non-hydrogen) atoms. The predicted octanol–water partition coefficient (Wildman–Crippen LogP) is 3.72. The van der Waals surface area contributed by atoms with Crippen LogP contribution in [0.4, 0.5) is 5.82 Å². The first kappa shape index (κ1) is 18.0. The number of anilines is 1. The van der Waals surface area contributed by atoms with Gasteiger partial charge in [-0.2, -0.15) is 4.52 Å². The molecular formula is C21H20ClN7. The summed E-state index contributed by atoms with van der Waals surface area (Å²) in [5, 5.41) is 13.4. The summed E-state index contributed by atoms with van der Waals surface area (Å²) in [5.41, 5.74) is 8.37. The molecule has 1 aliphatic rings. The van der Waals surface area contributed by atoms with Gasteiger partial charge in [0, 0.05) is 53.8 Å². The van der Waals surface area contributed by atoms with E-state index in [1.54, 1.807) is 10.8 Å². The van der Waals surface area contributed by atoms with Crippen LogP contribution >= 0.6 is 11.6 Å². The number of halogens is 1. The third-order valence-corrected chi connectivity index (χ3v) is 5.75. The first-order chi connectivity index (χ1) is 14.0. The third-order valence-electron chi connectivity index (χ3n) is 5.56. The quantitative estimate of drug-likeness (QED) is 0.473. The predicted molar refractivity (Wildman–Crippen MR) is 112 cm³/mol. The fourth-order valence-electron chi connectivity index (χ4n) is 3.92. The summed E-state index contributed by atoms with van der Waals surface area (Å²) < 4.78 is 1.75. The Morgan fingerprint density at radius 3 is 2.72 bits per heavy atom. The first-order valence-corrected chi connectivity index (χ1v) is 9.92. The van der Waals surface area contributed by atoms with Gasteiger partial charge in [0.1, 0.15) is 11.5 Å². The molecule has 5 rings (SSSR count). The lowest BCUT2D eigenvalue weighted by molar-refractivity contribution is 0.688. The highest BCUT2D eigenvalue weighted by Crippen LogP contribution is 2.30. The van der Waals surface area contributed by atoms with E-state index < -0.39 is 0 Å². The molecule has 1 aliphatic heterocycles. The molecule has 0 unspecified atom stereocenters. The Bertz CT molecular complexity index is 1230. The Labute approximate surface area is 173 Å². The molecule has 0 spiro atoms. The van der Waals surface area contributed by atoms with E-state index in [4.69, 9.17) is 21.7 Å². The van der Waals surface area contributed by atoms with Crippen molar-refractivity contribution in [3.8, 4) is 11.1 Å². The third kappa shape index (κ3) is 3.11. The van der Waals surface area contributed by atoms with Crippen molar-refractivity contribution in [3.05, 3.63) is 64.0 Å². The van der Waals surface area contributed by atoms with Gasteiger partial charge in [-0.25, -0.2) is 4.98 Å². The van der Waals surface area contributed by atoms with Gasteiger partial charge in [0.2, 0.25) is 0 Å². The van der Waals surface area contributed by atoms with Gasteiger partial charge in [0.15, 0.2) is 11.5 Å². The summed E-state index contributed by atoms with van der Waals surface area (Å²) in [5.74, 6) is 0.966. The van der Waals surface area contributed by atoms with Crippen LogP contribution in [0.15, 0.2) is 30.7 Å². The van der Waals surface area contributed by atoms with E-state index in [1.807, 2.05) is 25.3 Å². The largest absolute Gasteiger partial charge is 0.350 e. The minimum absolute atomic E-state index is 0.497. The highest BCUT2D eigenvalue weighted by Gasteiger charge is 2.22. The number of aryl methyl sites for hydroxylation is 2. The number of rotatable bonds is 2. The topological polar surface area (TPSA) is 72.1 Å². The minimum Gasteiger partial charge on any atom is -0.350 e. The van der Waals surface area contributed by atoms with Gasteiger partial charge in [0.05, 0.1) is 0 Å². The average Bonchev–Trinajstić information content (AvgIpc) is 3.18. The summed E-state index contributed by atoms with van der Waals surface area (Å²) in [7, 11) is 0. The van der Waals surface area contributed by atoms with Gasteiger partial charge in [-0.3, -0.25) is 4.98 Å². The van der Waals surface area contributed by atoms with Gasteiger partial charge in [-0.15, -0.1) is 15.3 Å². The van der Waals surface area contributed by atoms with E-state index in [2.05, 4.69) is 40.0 Å². The van der Waals surface area contributed by atoms with Gasteiger partial charge in [-0.1, -0.05) is 11.6 Å². The van der Waals surface area contributed by atoms with Crippen molar-refractivity contribution in [2.75, 3.05) is 11.4 Å². The molecule has 0 aliphatic carbocycles. The van der Waals surface area contributed by atoms with Crippen LogP contribution in [0.25, 0.3) is 16.8 Å². The molecular weight excluding hydrogens is 386 g/mol. The Balaban J connectivity index is 1.53. The minimum atomic E-state index is 0.497. The van der Waals surface area contributed by atoms with Crippen LogP contribution in [0.3, 0.4) is 0 Å². The normalized spacial score (nSPS) is 13.7. The van der Waals surface area contributed by atoms with Gasteiger partial charge in [0.25, 0.3) is 0 Å². The lowest BCUT2D eigenvalue weighted by Crippen LogP contribution is -2.32. The maximum Gasteiger partial charge on any atom is 0.180 e. The smallest absolute Gasteiger partial charge is 0.180 e. The molecule has 4 aromatic rings. The molecule has 4 aromatic heterocycles.